The fraction of sp³-hybridized carbons (Fsp3) is 0.0250. The molecule has 3 heteroatoms. The highest BCUT2D eigenvalue weighted by Gasteiger charge is 2.51. The Kier molecular flexibility index (Phi) is 5.11. The van der Waals surface area contributed by atoms with E-state index in [2.05, 4.69) is 114 Å². The van der Waals surface area contributed by atoms with E-state index in [1.165, 1.54) is 44.5 Å². The minimum absolute atomic E-state index is 0.395. The third-order valence-electron chi connectivity index (χ3n) is 8.98. The Balaban J connectivity index is 1.32. The number of aromatic nitrogens is 3. The van der Waals surface area contributed by atoms with Crippen molar-refractivity contribution in [2.75, 3.05) is 0 Å². The van der Waals surface area contributed by atoms with Gasteiger partial charge in [-0.05, 0) is 68.8 Å². The summed E-state index contributed by atoms with van der Waals surface area (Å²) in [6.07, 6.45) is 1.79. The SMILES string of the molecule is c1ccc(-c2cc(-c3ccc4c(c3)C3(c5ccccc5-c5ccccc53)c3ccccc3-4)nc(-c3ccccn3)n2)cc1. The van der Waals surface area contributed by atoms with Crippen LogP contribution in [0.4, 0.5) is 0 Å². The molecule has 5 aromatic carbocycles. The molecule has 0 aliphatic heterocycles. The summed E-state index contributed by atoms with van der Waals surface area (Å²) in [4.78, 5) is 14.7. The minimum Gasteiger partial charge on any atom is -0.253 e. The molecule has 0 fully saturated rings. The van der Waals surface area contributed by atoms with Crippen LogP contribution < -0.4 is 0 Å². The molecule has 0 N–H and O–H groups in total. The van der Waals surface area contributed by atoms with Crippen LogP contribution in [-0.4, -0.2) is 15.0 Å². The van der Waals surface area contributed by atoms with E-state index in [9.17, 15) is 0 Å². The van der Waals surface area contributed by atoms with Crippen LogP contribution in [0.25, 0.3) is 56.3 Å². The molecular formula is C40H25N3. The molecule has 2 aliphatic rings. The molecule has 2 aromatic heterocycles. The van der Waals surface area contributed by atoms with Crippen molar-refractivity contribution in [2.45, 2.75) is 5.41 Å². The van der Waals surface area contributed by atoms with Gasteiger partial charge in [0.1, 0.15) is 5.69 Å². The third-order valence-corrected chi connectivity index (χ3v) is 8.98. The third kappa shape index (κ3) is 3.39. The molecule has 200 valence electrons. The Morgan fingerprint density at radius 2 is 0.907 bits per heavy atom. The van der Waals surface area contributed by atoms with Crippen molar-refractivity contribution >= 4 is 0 Å². The van der Waals surface area contributed by atoms with Crippen molar-refractivity contribution in [1.29, 1.82) is 0 Å². The van der Waals surface area contributed by atoms with E-state index in [4.69, 9.17) is 9.97 Å². The number of fused-ring (bicyclic) bond motifs is 10. The van der Waals surface area contributed by atoms with Crippen LogP contribution in [0.5, 0.6) is 0 Å². The summed E-state index contributed by atoms with van der Waals surface area (Å²) >= 11 is 0. The number of pyridine rings is 1. The second kappa shape index (κ2) is 9.17. The van der Waals surface area contributed by atoms with Crippen LogP contribution in [-0.2, 0) is 5.41 Å². The van der Waals surface area contributed by atoms with Gasteiger partial charge in [0.05, 0.1) is 16.8 Å². The first-order valence-electron chi connectivity index (χ1n) is 14.6. The van der Waals surface area contributed by atoms with E-state index in [0.717, 1.165) is 28.2 Å². The number of rotatable bonds is 3. The number of nitrogens with zero attached hydrogens (tertiary/aromatic N) is 3. The summed E-state index contributed by atoms with van der Waals surface area (Å²) in [5, 5.41) is 0. The zero-order valence-corrected chi connectivity index (χ0v) is 23.3. The first-order chi connectivity index (χ1) is 21.3. The molecule has 2 heterocycles. The standard InChI is InChI=1S/C40H25N3/c1-2-12-26(13-3-1)37-25-38(43-39(42-37)36-20-10-11-23-41-36)27-21-22-31-30-16-6-9-19-34(30)40(35(31)24-27)32-17-7-4-14-28(32)29-15-5-8-18-33(29)40/h1-25H. The van der Waals surface area contributed by atoms with Crippen LogP contribution in [0.1, 0.15) is 22.3 Å². The van der Waals surface area contributed by atoms with Gasteiger partial charge in [-0.15, -0.1) is 0 Å². The van der Waals surface area contributed by atoms with Crippen LogP contribution in [0, 0.1) is 0 Å². The summed E-state index contributed by atoms with van der Waals surface area (Å²) in [5.41, 5.74) is 14.7. The highest BCUT2D eigenvalue weighted by molar-refractivity contribution is 5.95. The van der Waals surface area contributed by atoms with Crippen molar-refractivity contribution < 1.29 is 0 Å². The van der Waals surface area contributed by atoms with Gasteiger partial charge < -0.3 is 0 Å². The molecule has 0 bridgehead atoms. The minimum atomic E-state index is -0.395. The molecule has 0 saturated carbocycles. The van der Waals surface area contributed by atoms with Gasteiger partial charge >= 0.3 is 0 Å². The van der Waals surface area contributed by atoms with E-state index in [1.807, 2.05) is 36.4 Å². The average molecular weight is 548 g/mol. The topological polar surface area (TPSA) is 38.7 Å². The maximum absolute atomic E-state index is 5.10. The number of hydrogen-bond donors (Lipinski definition) is 0. The molecule has 0 amide bonds. The predicted octanol–water partition coefficient (Wildman–Crippen LogP) is 9.22. The molecule has 0 saturated heterocycles. The smallest absolute Gasteiger partial charge is 0.179 e. The van der Waals surface area contributed by atoms with Gasteiger partial charge in [0.15, 0.2) is 5.82 Å². The van der Waals surface area contributed by atoms with Gasteiger partial charge in [0.25, 0.3) is 0 Å². The van der Waals surface area contributed by atoms with Crippen molar-refractivity contribution in [3.63, 3.8) is 0 Å². The van der Waals surface area contributed by atoms with Gasteiger partial charge in [-0.25, -0.2) is 9.97 Å². The maximum Gasteiger partial charge on any atom is 0.179 e. The lowest BCUT2D eigenvalue weighted by atomic mass is 9.70. The summed E-state index contributed by atoms with van der Waals surface area (Å²) in [6, 6.07) is 51.8. The molecule has 2 aliphatic carbocycles. The molecule has 3 nitrogen and oxygen atoms in total. The maximum atomic E-state index is 5.10. The van der Waals surface area contributed by atoms with Gasteiger partial charge in [-0.2, -0.15) is 0 Å². The Labute approximate surface area is 250 Å². The van der Waals surface area contributed by atoms with Crippen LogP contribution in [0.2, 0.25) is 0 Å². The number of hydrogen-bond acceptors (Lipinski definition) is 3. The van der Waals surface area contributed by atoms with Gasteiger partial charge in [0, 0.05) is 17.3 Å². The van der Waals surface area contributed by atoms with Crippen molar-refractivity contribution in [1.82, 2.24) is 15.0 Å². The van der Waals surface area contributed by atoms with Crippen molar-refractivity contribution in [3.05, 3.63) is 174 Å². The fourth-order valence-electron chi connectivity index (χ4n) is 7.22. The molecule has 0 atom stereocenters. The van der Waals surface area contributed by atoms with Crippen LogP contribution in [0.3, 0.4) is 0 Å². The zero-order valence-electron chi connectivity index (χ0n) is 23.3. The molecule has 43 heavy (non-hydrogen) atoms. The quantitative estimate of drug-likeness (QED) is 0.221. The Morgan fingerprint density at radius 3 is 1.51 bits per heavy atom. The van der Waals surface area contributed by atoms with E-state index >= 15 is 0 Å². The first-order valence-corrected chi connectivity index (χ1v) is 14.6. The molecule has 7 aromatic rings. The first kappa shape index (κ1) is 24.0. The largest absolute Gasteiger partial charge is 0.253 e. The van der Waals surface area contributed by atoms with Gasteiger partial charge in [0.2, 0.25) is 0 Å². The predicted molar refractivity (Wildman–Crippen MR) is 172 cm³/mol. The Morgan fingerprint density at radius 1 is 0.372 bits per heavy atom. The second-order valence-corrected chi connectivity index (χ2v) is 11.2. The second-order valence-electron chi connectivity index (χ2n) is 11.2. The summed E-state index contributed by atoms with van der Waals surface area (Å²) in [6.45, 7) is 0. The summed E-state index contributed by atoms with van der Waals surface area (Å²) < 4.78 is 0. The van der Waals surface area contributed by atoms with Crippen molar-refractivity contribution in [3.8, 4) is 56.3 Å². The fourth-order valence-corrected chi connectivity index (χ4v) is 7.22. The molecular weight excluding hydrogens is 522 g/mol. The van der Waals surface area contributed by atoms with E-state index in [-0.39, 0.29) is 0 Å². The lowest BCUT2D eigenvalue weighted by Crippen LogP contribution is -2.25. The average Bonchev–Trinajstić information content (AvgIpc) is 3.56. The highest BCUT2D eigenvalue weighted by atomic mass is 14.9. The Hall–Kier alpha value is -5.67. The molecule has 9 rings (SSSR count). The summed E-state index contributed by atoms with van der Waals surface area (Å²) in [7, 11) is 0. The summed E-state index contributed by atoms with van der Waals surface area (Å²) in [5.74, 6) is 0.618. The van der Waals surface area contributed by atoms with Crippen LogP contribution in [0.15, 0.2) is 152 Å². The normalized spacial score (nSPS) is 13.3. The molecule has 1 spiro atoms. The molecule has 0 unspecified atom stereocenters. The van der Waals surface area contributed by atoms with E-state index < -0.39 is 5.41 Å². The zero-order chi connectivity index (χ0) is 28.4. The monoisotopic (exact) mass is 547 g/mol. The highest BCUT2D eigenvalue weighted by Crippen LogP contribution is 2.62. The van der Waals surface area contributed by atoms with Gasteiger partial charge in [-0.3, -0.25) is 4.98 Å². The molecule has 0 radical (unpaired) electrons. The number of benzene rings is 5. The lowest BCUT2D eigenvalue weighted by Gasteiger charge is -2.30. The van der Waals surface area contributed by atoms with Gasteiger partial charge in [-0.1, -0.05) is 121 Å². The Bertz CT molecular complexity index is 2060. The van der Waals surface area contributed by atoms with Crippen LogP contribution >= 0.6 is 0 Å². The van der Waals surface area contributed by atoms with E-state index in [0.29, 0.717) is 5.82 Å². The van der Waals surface area contributed by atoms with E-state index in [1.54, 1.807) is 6.20 Å². The lowest BCUT2D eigenvalue weighted by molar-refractivity contribution is 0.794. The van der Waals surface area contributed by atoms with Crippen molar-refractivity contribution in [2.24, 2.45) is 0 Å².